The summed E-state index contributed by atoms with van der Waals surface area (Å²) in [5, 5.41) is 9.86. The topological polar surface area (TPSA) is 47.9 Å². The van der Waals surface area contributed by atoms with Gasteiger partial charge in [-0.25, -0.2) is 0 Å². The molecule has 2 aliphatic rings. The van der Waals surface area contributed by atoms with E-state index in [4.69, 9.17) is 14.2 Å². The van der Waals surface area contributed by atoms with E-state index >= 15 is 0 Å². The first-order chi connectivity index (χ1) is 5.97. The van der Waals surface area contributed by atoms with Crippen molar-refractivity contribution in [2.24, 2.45) is 0 Å². The van der Waals surface area contributed by atoms with Crippen LogP contribution in [0.3, 0.4) is 0 Å². The van der Waals surface area contributed by atoms with Gasteiger partial charge < -0.3 is 19.3 Å². The molecule has 0 amide bonds. The molecular weight excluding hydrogens is 172 g/mol. The molecule has 0 saturated carbocycles. The van der Waals surface area contributed by atoms with Crippen molar-refractivity contribution in [3.05, 3.63) is 12.7 Å². The van der Waals surface area contributed by atoms with E-state index < -0.39 is 17.7 Å². The molecule has 0 aromatic carbocycles. The van der Waals surface area contributed by atoms with E-state index in [-0.39, 0.29) is 6.10 Å². The third kappa shape index (κ3) is 1.30. The Morgan fingerprint density at radius 1 is 1.46 bits per heavy atom. The molecule has 2 rings (SSSR count). The van der Waals surface area contributed by atoms with E-state index in [2.05, 4.69) is 6.58 Å². The van der Waals surface area contributed by atoms with Gasteiger partial charge in [0.2, 0.25) is 5.79 Å². The zero-order chi connectivity index (χ0) is 9.69. The van der Waals surface area contributed by atoms with Gasteiger partial charge in [0.05, 0.1) is 6.61 Å². The summed E-state index contributed by atoms with van der Waals surface area (Å²) in [6.07, 6.45) is 0.695. The predicted molar refractivity (Wildman–Crippen MR) is 44.9 cm³/mol. The lowest BCUT2D eigenvalue weighted by Crippen LogP contribution is -2.41. The quantitative estimate of drug-likeness (QED) is 0.602. The van der Waals surface area contributed by atoms with Crippen molar-refractivity contribution in [3.8, 4) is 0 Å². The van der Waals surface area contributed by atoms with Gasteiger partial charge in [-0.1, -0.05) is 6.58 Å². The monoisotopic (exact) mass is 186 g/mol. The molecule has 4 heteroatoms. The Kier molecular flexibility index (Phi) is 1.79. The molecule has 0 spiro atoms. The lowest BCUT2D eigenvalue weighted by Gasteiger charge is -2.25. The SMILES string of the molecule is C=C[C@]1(O)OC[C@H]2OC(C)(C)O[C@H]21. The Hall–Kier alpha value is -0.420. The summed E-state index contributed by atoms with van der Waals surface area (Å²) in [5.74, 6) is -2.03. The fourth-order valence-electron chi connectivity index (χ4n) is 1.78. The van der Waals surface area contributed by atoms with Crippen LogP contribution in [-0.2, 0) is 14.2 Å². The third-order valence-electron chi connectivity index (χ3n) is 2.36. The van der Waals surface area contributed by atoms with Crippen molar-refractivity contribution in [1.82, 2.24) is 0 Å². The molecular formula is C9H14O4. The zero-order valence-corrected chi connectivity index (χ0v) is 7.82. The average Bonchev–Trinajstić information content (AvgIpc) is 2.49. The van der Waals surface area contributed by atoms with E-state index in [1.807, 2.05) is 13.8 Å². The first-order valence-corrected chi connectivity index (χ1v) is 4.32. The van der Waals surface area contributed by atoms with Crippen LogP contribution in [0.1, 0.15) is 13.8 Å². The van der Waals surface area contributed by atoms with Crippen molar-refractivity contribution in [2.75, 3.05) is 6.61 Å². The third-order valence-corrected chi connectivity index (χ3v) is 2.36. The molecule has 2 fully saturated rings. The van der Waals surface area contributed by atoms with E-state index in [9.17, 15) is 5.11 Å². The molecule has 2 saturated heterocycles. The highest BCUT2D eigenvalue weighted by atomic mass is 16.8. The van der Waals surface area contributed by atoms with Crippen LogP contribution in [0.5, 0.6) is 0 Å². The number of aliphatic hydroxyl groups is 1. The highest BCUT2D eigenvalue weighted by Crippen LogP contribution is 2.39. The molecule has 4 nitrogen and oxygen atoms in total. The van der Waals surface area contributed by atoms with Crippen LogP contribution in [-0.4, -0.2) is 35.5 Å². The van der Waals surface area contributed by atoms with Crippen molar-refractivity contribution < 1.29 is 19.3 Å². The van der Waals surface area contributed by atoms with Crippen LogP contribution in [0.15, 0.2) is 12.7 Å². The molecule has 0 unspecified atom stereocenters. The molecule has 0 aliphatic carbocycles. The maximum Gasteiger partial charge on any atom is 0.215 e. The van der Waals surface area contributed by atoms with Gasteiger partial charge in [0.25, 0.3) is 0 Å². The van der Waals surface area contributed by atoms with Crippen LogP contribution in [0, 0.1) is 0 Å². The van der Waals surface area contributed by atoms with Crippen LogP contribution >= 0.6 is 0 Å². The smallest absolute Gasteiger partial charge is 0.215 e. The molecule has 0 radical (unpaired) electrons. The largest absolute Gasteiger partial charge is 0.360 e. The molecule has 0 aromatic rings. The van der Waals surface area contributed by atoms with E-state index in [1.54, 1.807) is 0 Å². The minimum atomic E-state index is -1.39. The maximum atomic E-state index is 9.86. The molecule has 0 aromatic heterocycles. The van der Waals surface area contributed by atoms with Crippen LogP contribution in [0.2, 0.25) is 0 Å². The summed E-state index contributed by atoms with van der Waals surface area (Å²) in [6, 6.07) is 0. The van der Waals surface area contributed by atoms with Crippen molar-refractivity contribution >= 4 is 0 Å². The van der Waals surface area contributed by atoms with Gasteiger partial charge in [0.1, 0.15) is 12.2 Å². The standard InChI is InChI=1S/C9H14O4/c1-4-9(10)7-6(5-11-9)12-8(2,3)13-7/h4,6-7,10H,1,5H2,2-3H3/t6-,7-,9+/m1/s1. The number of fused-ring (bicyclic) bond motifs is 1. The van der Waals surface area contributed by atoms with E-state index in [0.717, 1.165) is 0 Å². The second kappa shape index (κ2) is 2.54. The van der Waals surface area contributed by atoms with Gasteiger partial charge in [-0.05, 0) is 19.9 Å². The lowest BCUT2D eigenvalue weighted by atomic mass is 10.1. The van der Waals surface area contributed by atoms with E-state index in [0.29, 0.717) is 6.61 Å². The summed E-state index contributed by atoms with van der Waals surface area (Å²) in [4.78, 5) is 0. The average molecular weight is 186 g/mol. The van der Waals surface area contributed by atoms with Crippen molar-refractivity contribution in [3.63, 3.8) is 0 Å². The second-order valence-electron chi connectivity index (χ2n) is 3.86. The summed E-state index contributed by atoms with van der Waals surface area (Å²) < 4.78 is 16.2. The van der Waals surface area contributed by atoms with Gasteiger partial charge in [-0.15, -0.1) is 0 Å². The Bertz CT molecular complexity index is 238. The molecule has 13 heavy (non-hydrogen) atoms. The fraction of sp³-hybridized carbons (Fsp3) is 0.778. The first-order valence-electron chi connectivity index (χ1n) is 4.32. The highest BCUT2D eigenvalue weighted by Gasteiger charge is 2.56. The normalized spacial score (nSPS) is 47.6. The summed E-state index contributed by atoms with van der Waals surface area (Å²) in [5.41, 5.74) is 0. The number of ether oxygens (including phenoxy) is 3. The molecule has 2 heterocycles. The van der Waals surface area contributed by atoms with Crippen LogP contribution < -0.4 is 0 Å². The van der Waals surface area contributed by atoms with Crippen LogP contribution in [0.4, 0.5) is 0 Å². The molecule has 0 bridgehead atoms. The molecule has 1 N–H and O–H groups in total. The highest BCUT2D eigenvalue weighted by molar-refractivity contribution is 5.05. The Balaban J connectivity index is 2.21. The molecule has 3 atom stereocenters. The minimum Gasteiger partial charge on any atom is -0.360 e. The number of hydrogen-bond acceptors (Lipinski definition) is 4. The van der Waals surface area contributed by atoms with E-state index in [1.165, 1.54) is 6.08 Å². The van der Waals surface area contributed by atoms with Gasteiger partial charge >= 0.3 is 0 Å². The fourth-order valence-corrected chi connectivity index (χ4v) is 1.78. The maximum absolute atomic E-state index is 9.86. The van der Waals surface area contributed by atoms with Gasteiger partial charge in [-0.3, -0.25) is 0 Å². The summed E-state index contributed by atoms with van der Waals surface area (Å²) in [7, 11) is 0. The summed E-state index contributed by atoms with van der Waals surface area (Å²) >= 11 is 0. The van der Waals surface area contributed by atoms with Gasteiger partial charge in [-0.2, -0.15) is 0 Å². The van der Waals surface area contributed by atoms with Gasteiger partial charge in [0.15, 0.2) is 5.79 Å². The van der Waals surface area contributed by atoms with Crippen molar-refractivity contribution in [2.45, 2.75) is 37.6 Å². The molecule has 2 aliphatic heterocycles. The van der Waals surface area contributed by atoms with Crippen LogP contribution in [0.25, 0.3) is 0 Å². The minimum absolute atomic E-state index is 0.196. The first kappa shape index (κ1) is 9.15. The predicted octanol–water partition coefficient (Wildman–Crippen LogP) is 0.411. The Morgan fingerprint density at radius 2 is 2.15 bits per heavy atom. The van der Waals surface area contributed by atoms with Crippen molar-refractivity contribution in [1.29, 1.82) is 0 Å². The lowest BCUT2D eigenvalue weighted by molar-refractivity contribution is -0.237. The van der Waals surface area contributed by atoms with Gasteiger partial charge in [0, 0.05) is 0 Å². The Morgan fingerprint density at radius 3 is 2.77 bits per heavy atom. The number of rotatable bonds is 1. The second-order valence-corrected chi connectivity index (χ2v) is 3.86. The Labute approximate surface area is 77.1 Å². The number of hydrogen-bond donors (Lipinski definition) is 1. The summed E-state index contributed by atoms with van der Waals surface area (Å²) in [6.45, 7) is 7.48. The zero-order valence-electron chi connectivity index (χ0n) is 7.82. The molecule has 74 valence electrons.